The van der Waals surface area contributed by atoms with Gasteiger partial charge in [-0.15, -0.1) is 0 Å². The molecule has 0 amide bonds. The molecule has 0 fully saturated rings. The lowest BCUT2D eigenvalue weighted by molar-refractivity contribution is -0.663. The Morgan fingerprint density at radius 3 is 2.30 bits per heavy atom. The van der Waals surface area contributed by atoms with Crippen LogP contribution in [-0.4, -0.2) is 4.57 Å². The normalized spacial score (nSPS) is 11.4. The van der Waals surface area contributed by atoms with Crippen molar-refractivity contribution in [2.24, 2.45) is 0 Å². The van der Waals surface area contributed by atoms with E-state index >= 15 is 0 Å². The highest BCUT2D eigenvalue weighted by atomic mass is 15.1. The molecule has 0 aliphatic rings. The molecule has 4 aromatic carbocycles. The van der Waals surface area contributed by atoms with Crippen LogP contribution in [-0.2, 0) is 13.1 Å². The molecule has 2 heteroatoms. The molecule has 30 heavy (non-hydrogen) atoms. The van der Waals surface area contributed by atoms with E-state index in [-0.39, 0.29) is 0 Å². The van der Waals surface area contributed by atoms with Crippen LogP contribution in [0.3, 0.4) is 0 Å². The summed E-state index contributed by atoms with van der Waals surface area (Å²) in [4.78, 5) is 0. The third kappa shape index (κ3) is 3.29. The lowest BCUT2D eigenvalue weighted by atomic mass is 10.00. The molecule has 0 saturated heterocycles. The summed E-state index contributed by atoms with van der Waals surface area (Å²) in [5.41, 5.74) is 9.38. The molecule has 0 aliphatic carbocycles. The van der Waals surface area contributed by atoms with Gasteiger partial charge < -0.3 is 0 Å². The zero-order chi connectivity index (χ0) is 20.7. The Bertz CT molecular complexity index is 1350. The SMILES string of the molecule is Cc1cc(C)c(Cn2c[n+](Cc3cccc4ccccc34)c3ccccc32)c(C)c1. The number of aromatic nitrogens is 2. The summed E-state index contributed by atoms with van der Waals surface area (Å²) in [5, 5.41) is 2.62. The number of para-hydroxylation sites is 2. The summed E-state index contributed by atoms with van der Waals surface area (Å²) in [5.74, 6) is 0. The molecule has 0 spiro atoms. The summed E-state index contributed by atoms with van der Waals surface area (Å²) in [6, 6.07) is 28.6. The number of hydrogen-bond acceptors (Lipinski definition) is 0. The minimum Gasteiger partial charge on any atom is -0.226 e. The molecule has 0 radical (unpaired) electrons. The van der Waals surface area contributed by atoms with E-state index in [0.29, 0.717) is 0 Å². The molecule has 0 bridgehead atoms. The van der Waals surface area contributed by atoms with Gasteiger partial charge in [0.15, 0.2) is 11.0 Å². The van der Waals surface area contributed by atoms with Crippen LogP contribution in [0.25, 0.3) is 21.8 Å². The van der Waals surface area contributed by atoms with Gasteiger partial charge in [-0.3, -0.25) is 0 Å². The first kappa shape index (κ1) is 18.6. The van der Waals surface area contributed by atoms with Crippen LogP contribution in [0.15, 0.2) is 85.2 Å². The Balaban J connectivity index is 1.60. The molecule has 0 saturated carbocycles. The number of rotatable bonds is 4. The Hall–Kier alpha value is -3.39. The zero-order valence-electron chi connectivity index (χ0n) is 17.9. The monoisotopic (exact) mass is 391 g/mol. The Kier molecular flexibility index (Phi) is 4.63. The van der Waals surface area contributed by atoms with Gasteiger partial charge in [-0.1, -0.05) is 72.3 Å². The van der Waals surface area contributed by atoms with Gasteiger partial charge in [-0.2, -0.15) is 0 Å². The van der Waals surface area contributed by atoms with Crippen molar-refractivity contribution in [1.82, 2.24) is 4.57 Å². The van der Waals surface area contributed by atoms with Crippen LogP contribution < -0.4 is 4.57 Å². The third-order valence-electron chi connectivity index (χ3n) is 6.17. The van der Waals surface area contributed by atoms with Crippen molar-refractivity contribution in [2.45, 2.75) is 33.9 Å². The van der Waals surface area contributed by atoms with Crippen molar-refractivity contribution in [3.8, 4) is 0 Å². The average Bonchev–Trinajstić information content (AvgIpc) is 3.08. The fraction of sp³-hybridized carbons (Fsp3) is 0.179. The lowest BCUT2D eigenvalue weighted by Gasteiger charge is -2.09. The fourth-order valence-electron chi connectivity index (χ4n) is 4.74. The maximum Gasteiger partial charge on any atom is 0.245 e. The number of fused-ring (bicyclic) bond motifs is 2. The van der Waals surface area contributed by atoms with Crippen LogP contribution in [0.2, 0.25) is 0 Å². The second-order valence-electron chi connectivity index (χ2n) is 8.38. The lowest BCUT2D eigenvalue weighted by Crippen LogP contribution is -2.33. The first-order chi connectivity index (χ1) is 14.6. The number of benzene rings is 4. The van der Waals surface area contributed by atoms with Crippen LogP contribution in [0.4, 0.5) is 0 Å². The van der Waals surface area contributed by atoms with Gasteiger partial charge >= 0.3 is 0 Å². The first-order valence-corrected chi connectivity index (χ1v) is 10.6. The summed E-state index contributed by atoms with van der Waals surface area (Å²) < 4.78 is 4.78. The van der Waals surface area contributed by atoms with Crippen LogP contribution in [0.1, 0.15) is 27.8 Å². The minimum absolute atomic E-state index is 0.862. The van der Waals surface area contributed by atoms with Gasteiger partial charge in [0.1, 0.15) is 13.1 Å². The predicted molar refractivity (Wildman–Crippen MR) is 125 cm³/mol. The van der Waals surface area contributed by atoms with Crippen LogP contribution in [0.5, 0.6) is 0 Å². The molecule has 5 rings (SSSR count). The van der Waals surface area contributed by atoms with Crippen molar-refractivity contribution in [2.75, 3.05) is 0 Å². The molecule has 1 aromatic heterocycles. The minimum atomic E-state index is 0.862. The maximum absolute atomic E-state index is 2.39. The van der Waals surface area contributed by atoms with E-state index in [1.807, 2.05) is 0 Å². The summed E-state index contributed by atoms with van der Waals surface area (Å²) in [6.45, 7) is 8.38. The van der Waals surface area contributed by atoms with E-state index in [2.05, 4.69) is 115 Å². The molecular formula is C28H27N2+. The standard InChI is InChI=1S/C28H27N2/c1-20-15-21(2)26(22(3)16-20)18-30-19-29(27-13-6-7-14-28(27)30)17-24-11-8-10-23-9-4-5-12-25(23)24/h4-16,19H,17-18H2,1-3H3/q+1. The highest BCUT2D eigenvalue weighted by molar-refractivity contribution is 5.85. The topological polar surface area (TPSA) is 8.81 Å². The number of nitrogens with zero attached hydrogens (tertiary/aromatic N) is 2. The molecule has 1 heterocycles. The molecule has 148 valence electrons. The number of hydrogen-bond donors (Lipinski definition) is 0. The van der Waals surface area contributed by atoms with E-state index < -0.39 is 0 Å². The van der Waals surface area contributed by atoms with E-state index in [1.54, 1.807) is 0 Å². The second-order valence-corrected chi connectivity index (χ2v) is 8.38. The molecule has 0 unspecified atom stereocenters. The van der Waals surface area contributed by atoms with Gasteiger partial charge in [-0.05, 0) is 60.4 Å². The smallest absolute Gasteiger partial charge is 0.226 e. The fourth-order valence-corrected chi connectivity index (χ4v) is 4.74. The molecule has 2 nitrogen and oxygen atoms in total. The van der Waals surface area contributed by atoms with E-state index in [0.717, 1.165) is 13.1 Å². The quantitative estimate of drug-likeness (QED) is 0.327. The Labute approximate surface area is 178 Å². The van der Waals surface area contributed by atoms with Crippen LogP contribution >= 0.6 is 0 Å². The summed E-state index contributed by atoms with van der Waals surface area (Å²) in [6.07, 6.45) is 2.28. The summed E-state index contributed by atoms with van der Waals surface area (Å²) in [7, 11) is 0. The van der Waals surface area contributed by atoms with Gasteiger partial charge in [0.25, 0.3) is 0 Å². The van der Waals surface area contributed by atoms with Crippen molar-refractivity contribution in [3.63, 3.8) is 0 Å². The highest BCUT2D eigenvalue weighted by Crippen LogP contribution is 2.22. The van der Waals surface area contributed by atoms with Gasteiger partial charge in [-0.25, -0.2) is 9.13 Å². The molecule has 0 aliphatic heterocycles. The largest absolute Gasteiger partial charge is 0.245 e. The Morgan fingerprint density at radius 1 is 0.767 bits per heavy atom. The second kappa shape index (κ2) is 7.46. The maximum atomic E-state index is 2.39. The predicted octanol–water partition coefficient (Wildman–Crippen LogP) is 6.10. The van der Waals surface area contributed by atoms with Crippen molar-refractivity contribution >= 4 is 21.8 Å². The van der Waals surface area contributed by atoms with Crippen molar-refractivity contribution in [1.29, 1.82) is 0 Å². The summed E-state index contributed by atoms with van der Waals surface area (Å²) >= 11 is 0. The van der Waals surface area contributed by atoms with E-state index in [1.165, 1.54) is 49.6 Å². The number of aryl methyl sites for hydroxylation is 3. The zero-order valence-corrected chi connectivity index (χ0v) is 17.9. The first-order valence-electron chi connectivity index (χ1n) is 10.6. The van der Waals surface area contributed by atoms with E-state index in [4.69, 9.17) is 0 Å². The van der Waals surface area contributed by atoms with Gasteiger partial charge in [0.05, 0.1) is 0 Å². The molecule has 0 atom stereocenters. The molecule has 5 aromatic rings. The average molecular weight is 392 g/mol. The van der Waals surface area contributed by atoms with Crippen molar-refractivity contribution < 1.29 is 4.57 Å². The van der Waals surface area contributed by atoms with Gasteiger partial charge in [0, 0.05) is 5.56 Å². The molecule has 0 N–H and O–H groups in total. The number of imidazole rings is 1. The third-order valence-corrected chi connectivity index (χ3v) is 6.17. The van der Waals surface area contributed by atoms with Crippen LogP contribution in [0, 0.1) is 20.8 Å². The van der Waals surface area contributed by atoms with Crippen molar-refractivity contribution in [3.05, 3.63) is 113 Å². The Morgan fingerprint density at radius 2 is 1.47 bits per heavy atom. The van der Waals surface area contributed by atoms with Gasteiger partial charge in [0.2, 0.25) is 6.33 Å². The highest BCUT2D eigenvalue weighted by Gasteiger charge is 2.18. The van der Waals surface area contributed by atoms with E-state index in [9.17, 15) is 0 Å². The molecular weight excluding hydrogens is 364 g/mol.